The Balaban J connectivity index is 1.79. The summed E-state index contributed by atoms with van der Waals surface area (Å²) in [6.45, 7) is 0.182. The SMILES string of the molecule is CN(C)c1ccc(/C=C2\SC(=O)N(Cc3ccccc3Cl)C2=O)cc1. The number of carbonyl (C=O) groups excluding carboxylic acids is 2. The number of anilines is 1. The molecule has 2 aromatic rings. The molecule has 6 heteroatoms. The Kier molecular flexibility index (Phi) is 5.16. The van der Waals surface area contributed by atoms with Gasteiger partial charge in [-0.05, 0) is 47.2 Å². The summed E-state index contributed by atoms with van der Waals surface area (Å²) in [5.41, 5.74) is 2.71. The van der Waals surface area contributed by atoms with Crippen molar-refractivity contribution in [2.45, 2.75) is 6.54 Å². The quantitative estimate of drug-likeness (QED) is 0.733. The highest BCUT2D eigenvalue weighted by Gasteiger charge is 2.35. The lowest BCUT2D eigenvalue weighted by Crippen LogP contribution is -2.27. The van der Waals surface area contributed by atoms with Gasteiger partial charge in [0, 0.05) is 24.8 Å². The number of rotatable bonds is 4. The van der Waals surface area contributed by atoms with Crippen LogP contribution in [0.2, 0.25) is 5.02 Å². The third kappa shape index (κ3) is 3.89. The van der Waals surface area contributed by atoms with Gasteiger partial charge in [0.1, 0.15) is 0 Å². The van der Waals surface area contributed by atoms with Crippen LogP contribution in [0, 0.1) is 0 Å². The first-order chi connectivity index (χ1) is 12.0. The van der Waals surface area contributed by atoms with E-state index in [1.165, 1.54) is 4.90 Å². The van der Waals surface area contributed by atoms with Gasteiger partial charge in [0.2, 0.25) is 0 Å². The third-order valence-corrected chi connectivity index (χ3v) is 5.14. The second-order valence-electron chi connectivity index (χ2n) is 5.85. The Hall–Kier alpha value is -2.24. The maximum Gasteiger partial charge on any atom is 0.293 e. The summed E-state index contributed by atoms with van der Waals surface area (Å²) in [5.74, 6) is -0.286. The first-order valence-electron chi connectivity index (χ1n) is 7.72. The van der Waals surface area contributed by atoms with Crippen LogP contribution < -0.4 is 4.90 Å². The molecule has 1 fully saturated rings. The van der Waals surface area contributed by atoms with E-state index in [0.717, 1.165) is 28.6 Å². The van der Waals surface area contributed by atoms with Gasteiger partial charge in [-0.15, -0.1) is 0 Å². The molecule has 0 spiro atoms. The second kappa shape index (κ2) is 7.33. The molecule has 128 valence electrons. The Bertz CT molecular complexity index is 847. The molecule has 2 amide bonds. The number of thioether (sulfide) groups is 1. The van der Waals surface area contributed by atoms with Gasteiger partial charge in [-0.3, -0.25) is 14.5 Å². The van der Waals surface area contributed by atoms with Gasteiger partial charge in [-0.2, -0.15) is 0 Å². The van der Waals surface area contributed by atoms with Crippen molar-refractivity contribution in [2.24, 2.45) is 0 Å². The molecule has 0 aromatic heterocycles. The van der Waals surface area contributed by atoms with E-state index in [2.05, 4.69) is 0 Å². The van der Waals surface area contributed by atoms with Crippen molar-refractivity contribution in [3.8, 4) is 0 Å². The number of benzene rings is 2. The zero-order chi connectivity index (χ0) is 18.0. The van der Waals surface area contributed by atoms with Gasteiger partial charge in [0.05, 0.1) is 11.4 Å². The fourth-order valence-electron chi connectivity index (χ4n) is 2.45. The summed E-state index contributed by atoms with van der Waals surface area (Å²) in [4.78, 5) is 28.5. The lowest BCUT2D eigenvalue weighted by Gasteiger charge is -2.13. The molecule has 0 saturated carbocycles. The van der Waals surface area contributed by atoms with E-state index < -0.39 is 0 Å². The highest BCUT2D eigenvalue weighted by Crippen LogP contribution is 2.34. The van der Waals surface area contributed by atoms with Crippen LogP contribution in [0.25, 0.3) is 6.08 Å². The fraction of sp³-hybridized carbons (Fsp3) is 0.158. The number of amides is 2. The van der Waals surface area contributed by atoms with Crippen LogP contribution in [0.3, 0.4) is 0 Å². The molecule has 4 nitrogen and oxygen atoms in total. The topological polar surface area (TPSA) is 40.6 Å². The van der Waals surface area contributed by atoms with Crippen LogP contribution in [0.1, 0.15) is 11.1 Å². The molecular weight excluding hydrogens is 356 g/mol. The standard InChI is InChI=1S/C19H17ClN2O2S/c1-21(2)15-9-7-13(8-10-15)11-17-18(23)22(19(24)25-17)12-14-5-3-4-6-16(14)20/h3-11H,12H2,1-2H3/b17-11-. The zero-order valence-corrected chi connectivity index (χ0v) is 15.5. The molecule has 1 aliphatic heterocycles. The molecule has 2 aromatic carbocycles. The first-order valence-corrected chi connectivity index (χ1v) is 8.91. The van der Waals surface area contributed by atoms with E-state index in [4.69, 9.17) is 11.6 Å². The predicted octanol–water partition coefficient (Wildman–Crippen LogP) is 4.64. The van der Waals surface area contributed by atoms with Gasteiger partial charge in [-0.25, -0.2) is 0 Å². The van der Waals surface area contributed by atoms with Crippen LogP contribution in [0.4, 0.5) is 10.5 Å². The minimum absolute atomic E-state index is 0.182. The molecular formula is C19H17ClN2O2S. The molecule has 0 unspecified atom stereocenters. The van der Waals surface area contributed by atoms with E-state index >= 15 is 0 Å². The van der Waals surface area contributed by atoms with Crippen molar-refractivity contribution < 1.29 is 9.59 Å². The molecule has 3 rings (SSSR count). The van der Waals surface area contributed by atoms with Crippen molar-refractivity contribution >= 4 is 46.3 Å². The molecule has 1 aliphatic rings. The number of imide groups is 1. The molecule has 25 heavy (non-hydrogen) atoms. The Morgan fingerprint density at radius 3 is 2.40 bits per heavy atom. The highest BCUT2D eigenvalue weighted by atomic mass is 35.5. The van der Waals surface area contributed by atoms with Crippen LogP contribution in [-0.2, 0) is 11.3 Å². The van der Waals surface area contributed by atoms with Gasteiger partial charge in [0.15, 0.2) is 0 Å². The molecule has 0 atom stereocenters. The summed E-state index contributed by atoms with van der Waals surface area (Å²) in [7, 11) is 3.93. The second-order valence-corrected chi connectivity index (χ2v) is 7.25. The van der Waals surface area contributed by atoms with Crippen molar-refractivity contribution in [3.05, 3.63) is 69.6 Å². The molecule has 1 heterocycles. The molecule has 0 radical (unpaired) electrons. The summed E-state index contributed by atoms with van der Waals surface area (Å²) >= 11 is 7.09. The molecule has 0 bridgehead atoms. The Labute approximate surface area is 156 Å². The number of halogens is 1. The van der Waals surface area contributed by atoms with E-state index in [1.807, 2.05) is 61.5 Å². The predicted molar refractivity (Wildman–Crippen MR) is 104 cm³/mol. The Morgan fingerprint density at radius 2 is 1.76 bits per heavy atom. The summed E-state index contributed by atoms with van der Waals surface area (Å²) in [6.07, 6.45) is 1.75. The van der Waals surface area contributed by atoms with Gasteiger partial charge in [-0.1, -0.05) is 41.9 Å². The normalized spacial score (nSPS) is 16.0. The van der Waals surface area contributed by atoms with E-state index in [1.54, 1.807) is 12.1 Å². The molecule has 0 N–H and O–H groups in total. The zero-order valence-electron chi connectivity index (χ0n) is 13.9. The lowest BCUT2D eigenvalue weighted by atomic mass is 10.1. The van der Waals surface area contributed by atoms with E-state index in [9.17, 15) is 9.59 Å². The van der Waals surface area contributed by atoms with E-state index in [0.29, 0.717) is 9.93 Å². The summed E-state index contributed by atoms with van der Waals surface area (Å²) in [5, 5.41) is 0.269. The lowest BCUT2D eigenvalue weighted by molar-refractivity contribution is -0.123. The van der Waals surface area contributed by atoms with Gasteiger partial charge in [0.25, 0.3) is 11.1 Å². The smallest absolute Gasteiger partial charge is 0.293 e. The van der Waals surface area contributed by atoms with Gasteiger partial charge < -0.3 is 4.90 Å². The largest absolute Gasteiger partial charge is 0.378 e. The van der Waals surface area contributed by atoms with Crippen LogP contribution >= 0.6 is 23.4 Å². The van der Waals surface area contributed by atoms with Gasteiger partial charge >= 0.3 is 0 Å². The third-order valence-electron chi connectivity index (χ3n) is 3.87. The highest BCUT2D eigenvalue weighted by molar-refractivity contribution is 8.18. The Morgan fingerprint density at radius 1 is 1.08 bits per heavy atom. The minimum atomic E-state index is -0.286. The number of hydrogen-bond donors (Lipinski definition) is 0. The van der Waals surface area contributed by atoms with E-state index in [-0.39, 0.29) is 17.7 Å². The average molecular weight is 373 g/mol. The van der Waals surface area contributed by atoms with Crippen molar-refractivity contribution in [2.75, 3.05) is 19.0 Å². The molecule has 0 aliphatic carbocycles. The first kappa shape index (κ1) is 17.6. The van der Waals surface area contributed by atoms with Crippen molar-refractivity contribution in [1.29, 1.82) is 0 Å². The van der Waals surface area contributed by atoms with Crippen molar-refractivity contribution in [1.82, 2.24) is 4.90 Å². The average Bonchev–Trinajstić information content (AvgIpc) is 2.85. The number of carbonyl (C=O) groups is 2. The van der Waals surface area contributed by atoms with Crippen molar-refractivity contribution in [3.63, 3.8) is 0 Å². The number of nitrogens with zero attached hydrogens (tertiary/aromatic N) is 2. The monoisotopic (exact) mass is 372 g/mol. The van der Waals surface area contributed by atoms with Crippen LogP contribution in [0.5, 0.6) is 0 Å². The maximum atomic E-state index is 12.6. The molecule has 1 saturated heterocycles. The van der Waals surface area contributed by atoms with Crippen LogP contribution in [-0.4, -0.2) is 30.1 Å². The minimum Gasteiger partial charge on any atom is -0.378 e. The fourth-order valence-corrected chi connectivity index (χ4v) is 3.49. The maximum absolute atomic E-state index is 12.6. The summed E-state index contributed by atoms with van der Waals surface area (Å²) < 4.78 is 0. The summed E-state index contributed by atoms with van der Waals surface area (Å²) in [6, 6.07) is 15.0. The number of hydrogen-bond acceptors (Lipinski definition) is 4. The van der Waals surface area contributed by atoms with Crippen LogP contribution in [0.15, 0.2) is 53.4 Å².